The Morgan fingerprint density at radius 1 is 0.963 bits per heavy atom. The van der Waals surface area contributed by atoms with Gasteiger partial charge in [-0.3, -0.25) is 9.59 Å². The highest BCUT2D eigenvalue weighted by atomic mass is 32.2. The number of ether oxygens (including phenoxy) is 2. The van der Waals surface area contributed by atoms with E-state index in [2.05, 4.69) is 21.9 Å². The van der Waals surface area contributed by atoms with Crippen LogP contribution in [-0.2, 0) is 19.1 Å². The van der Waals surface area contributed by atoms with Gasteiger partial charge in [-0.2, -0.15) is 11.8 Å². The van der Waals surface area contributed by atoms with E-state index in [1.165, 1.54) is 31.0 Å². The van der Waals surface area contributed by atoms with Gasteiger partial charge in [-0.05, 0) is 0 Å². The van der Waals surface area contributed by atoms with Gasteiger partial charge in [0.2, 0.25) is 0 Å². The topological polar surface area (TPSA) is 111 Å². The maximum absolute atomic E-state index is 11.5. The molecular weight excluding hydrogens is 412 g/mol. The molecule has 0 aliphatic carbocycles. The van der Waals surface area contributed by atoms with Crippen LogP contribution in [0.4, 0.5) is 9.59 Å². The minimum atomic E-state index is -0.516. The molecule has 0 aromatic rings. The van der Waals surface area contributed by atoms with Crippen molar-refractivity contribution in [1.29, 1.82) is 0 Å². The van der Waals surface area contributed by atoms with Gasteiger partial charge in [0.15, 0.2) is 0 Å². The summed E-state index contributed by atoms with van der Waals surface area (Å²) in [5.41, 5.74) is 0. The SMILES string of the molecule is C=CC(=O)OCCNC(=O)SCCSCCSC(=O)NCC=CC(=O)OC. The molecule has 0 bridgehead atoms. The highest BCUT2D eigenvalue weighted by molar-refractivity contribution is 8.15. The molecule has 0 saturated carbocycles. The van der Waals surface area contributed by atoms with E-state index in [-0.39, 0.29) is 30.2 Å². The number of hydrogen-bond donors (Lipinski definition) is 2. The van der Waals surface area contributed by atoms with Crippen LogP contribution in [0.25, 0.3) is 0 Å². The van der Waals surface area contributed by atoms with Crippen molar-refractivity contribution in [2.75, 3.05) is 49.8 Å². The Morgan fingerprint density at radius 2 is 1.59 bits per heavy atom. The normalized spacial score (nSPS) is 10.3. The van der Waals surface area contributed by atoms with Crippen LogP contribution in [0.3, 0.4) is 0 Å². The zero-order valence-corrected chi connectivity index (χ0v) is 17.5. The zero-order valence-electron chi connectivity index (χ0n) is 15.1. The van der Waals surface area contributed by atoms with Crippen LogP contribution in [-0.4, -0.2) is 72.2 Å². The summed E-state index contributed by atoms with van der Waals surface area (Å²) in [6.07, 6.45) is 3.84. The van der Waals surface area contributed by atoms with Crippen LogP contribution >= 0.6 is 35.3 Å². The monoisotopic (exact) mass is 436 g/mol. The number of carbonyl (C=O) groups excluding carboxylic acids is 4. The maximum atomic E-state index is 11.5. The van der Waals surface area contributed by atoms with E-state index in [9.17, 15) is 19.2 Å². The first-order valence-corrected chi connectivity index (χ1v) is 11.0. The van der Waals surface area contributed by atoms with Gasteiger partial charge in [-0.15, -0.1) is 0 Å². The molecule has 0 aromatic carbocycles. The quantitative estimate of drug-likeness (QED) is 0.255. The first kappa shape index (κ1) is 25.4. The molecule has 27 heavy (non-hydrogen) atoms. The molecule has 2 N–H and O–H groups in total. The third-order valence-electron chi connectivity index (χ3n) is 2.52. The molecule has 0 rings (SSSR count). The Hall–Kier alpha value is -1.59. The molecule has 0 heterocycles. The summed E-state index contributed by atoms with van der Waals surface area (Å²) in [4.78, 5) is 44.6. The molecule has 152 valence electrons. The van der Waals surface area contributed by atoms with Crippen molar-refractivity contribution >= 4 is 57.7 Å². The number of methoxy groups -OCH3 is 1. The van der Waals surface area contributed by atoms with Gasteiger partial charge < -0.3 is 20.1 Å². The third kappa shape index (κ3) is 17.6. The lowest BCUT2D eigenvalue weighted by Crippen LogP contribution is -2.24. The molecule has 11 heteroatoms. The van der Waals surface area contributed by atoms with E-state index < -0.39 is 11.9 Å². The molecule has 0 aliphatic rings. The smallest absolute Gasteiger partial charge is 0.330 e. The molecular formula is C16H24N2O6S3. The second kappa shape index (κ2) is 17.8. The van der Waals surface area contributed by atoms with E-state index in [1.54, 1.807) is 11.8 Å². The highest BCUT2D eigenvalue weighted by Crippen LogP contribution is 2.11. The summed E-state index contributed by atoms with van der Waals surface area (Å²) >= 11 is 3.98. The van der Waals surface area contributed by atoms with Crippen molar-refractivity contribution in [2.45, 2.75) is 0 Å². The van der Waals surface area contributed by atoms with E-state index in [1.807, 2.05) is 0 Å². The average Bonchev–Trinajstić information content (AvgIpc) is 2.67. The largest absolute Gasteiger partial charge is 0.466 e. The summed E-state index contributed by atoms with van der Waals surface area (Å²) in [7, 11) is 1.29. The Kier molecular flexibility index (Phi) is 16.8. The van der Waals surface area contributed by atoms with E-state index in [0.717, 1.165) is 29.3 Å². The van der Waals surface area contributed by atoms with Crippen LogP contribution < -0.4 is 10.6 Å². The van der Waals surface area contributed by atoms with Gasteiger partial charge in [-0.1, -0.05) is 36.2 Å². The predicted molar refractivity (Wildman–Crippen MR) is 111 cm³/mol. The van der Waals surface area contributed by atoms with Crippen molar-refractivity contribution in [3.63, 3.8) is 0 Å². The lowest BCUT2D eigenvalue weighted by atomic mass is 10.5. The molecule has 0 saturated heterocycles. The first-order valence-electron chi connectivity index (χ1n) is 7.92. The second-order valence-electron chi connectivity index (χ2n) is 4.49. The fourth-order valence-electron chi connectivity index (χ4n) is 1.32. The minimum absolute atomic E-state index is 0.115. The minimum Gasteiger partial charge on any atom is -0.466 e. The lowest BCUT2D eigenvalue weighted by molar-refractivity contribution is -0.137. The summed E-state index contributed by atoms with van der Waals surface area (Å²) in [5, 5.41) is 4.94. The highest BCUT2D eigenvalue weighted by Gasteiger charge is 2.03. The van der Waals surface area contributed by atoms with Crippen LogP contribution in [0, 0.1) is 0 Å². The zero-order chi connectivity index (χ0) is 20.3. The standard InChI is InChI=1S/C16H24N2O6S3/c1-3-13(19)24-8-7-18-16(22)27-12-10-25-9-11-26-15(21)17-6-4-5-14(20)23-2/h3-5H,1,6-12H2,2H3,(H,17,21)(H,18,22). The molecule has 0 radical (unpaired) electrons. The number of hydrogen-bond acceptors (Lipinski definition) is 9. The van der Waals surface area contributed by atoms with Crippen molar-refractivity contribution < 1.29 is 28.7 Å². The van der Waals surface area contributed by atoms with Crippen LogP contribution in [0.15, 0.2) is 24.8 Å². The van der Waals surface area contributed by atoms with E-state index in [4.69, 9.17) is 4.74 Å². The van der Waals surface area contributed by atoms with Crippen molar-refractivity contribution in [3.05, 3.63) is 24.8 Å². The van der Waals surface area contributed by atoms with Gasteiger partial charge in [0.25, 0.3) is 10.5 Å². The molecule has 0 atom stereocenters. The molecule has 0 unspecified atom stereocenters. The predicted octanol–water partition coefficient (Wildman–Crippen LogP) is 2.06. The molecule has 2 amide bonds. The molecule has 0 aliphatic heterocycles. The maximum Gasteiger partial charge on any atom is 0.330 e. The summed E-state index contributed by atoms with van der Waals surface area (Å²) in [6.45, 7) is 3.92. The van der Waals surface area contributed by atoms with E-state index >= 15 is 0 Å². The number of esters is 2. The van der Waals surface area contributed by atoms with Gasteiger partial charge in [0, 0.05) is 41.7 Å². The number of nitrogens with one attached hydrogen (secondary N) is 2. The van der Waals surface area contributed by atoms with Crippen LogP contribution in [0.2, 0.25) is 0 Å². The Morgan fingerprint density at radius 3 is 2.19 bits per heavy atom. The molecule has 0 spiro atoms. The Labute approximate surface area is 171 Å². The fourth-order valence-corrected chi connectivity index (χ4v) is 3.89. The number of thioether (sulfide) groups is 3. The fraction of sp³-hybridized carbons (Fsp3) is 0.500. The molecule has 0 fully saturated rings. The van der Waals surface area contributed by atoms with Crippen molar-refractivity contribution in [1.82, 2.24) is 10.6 Å². The molecule has 0 aromatic heterocycles. The van der Waals surface area contributed by atoms with Gasteiger partial charge >= 0.3 is 11.9 Å². The third-order valence-corrected chi connectivity index (χ3v) is 5.66. The number of amides is 2. The Balaban J connectivity index is 3.45. The van der Waals surface area contributed by atoms with Gasteiger partial charge in [0.1, 0.15) is 6.61 Å². The first-order chi connectivity index (χ1) is 13.0. The summed E-state index contributed by atoms with van der Waals surface area (Å²) < 4.78 is 9.16. The lowest BCUT2D eigenvalue weighted by Gasteiger charge is -2.05. The average molecular weight is 437 g/mol. The summed E-state index contributed by atoms with van der Waals surface area (Å²) in [5.74, 6) is 1.90. The summed E-state index contributed by atoms with van der Waals surface area (Å²) in [6, 6.07) is 0. The van der Waals surface area contributed by atoms with Crippen LogP contribution in [0.5, 0.6) is 0 Å². The van der Waals surface area contributed by atoms with Crippen LogP contribution in [0.1, 0.15) is 0 Å². The van der Waals surface area contributed by atoms with Crippen molar-refractivity contribution in [2.24, 2.45) is 0 Å². The van der Waals surface area contributed by atoms with Gasteiger partial charge in [0.05, 0.1) is 13.7 Å². The number of carbonyl (C=O) groups is 4. The molecule has 8 nitrogen and oxygen atoms in total. The second-order valence-corrected chi connectivity index (χ2v) is 7.85. The Bertz CT molecular complexity index is 528. The number of rotatable bonds is 13. The van der Waals surface area contributed by atoms with E-state index in [0.29, 0.717) is 11.5 Å². The van der Waals surface area contributed by atoms with Crippen molar-refractivity contribution in [3.8, 4) is 0 Å². The van der Waals surface area contributed by atoms with Gasteiger partial charge in [-0.25, -0.2) is 9.59 Å².